The fraction of sp³-hybridized carbons (Fsp3) is 0.133. The van der Waals surface area contributed by atoms with E-state index in [4.69, 9.17) is 17.3 Å². The van der Waals surface area contributed by atoms with Crippen molar-refractivity contribution in [2.24, 2.45) is 0 Å². The summed E-state index contributed by atoms with van der Waals surface area (Å²) < 4.78 is 1.96. The number of anilines is 1. The molecule has 0 fully saturated rings. The molecule has 3 nitrogen and oxygen atoms in total. The average Bonchev–Trinajstić information content (AvgIpc) is 2.66. The molecule has 19 heavy (non-hydrogen) atoms. The lowest BCUT2D eigenvalue weighted by molar-refractivity contribution is 1.09. The minimum atomic E-state index is 0.648. The van der Waals surface area contributed by atoms with Gasteiger partial charge in [-0.05, 0) is 43.7 Å². The van der Waals surface area contributed by atoms with Gasteiger partial charge in [-0.3, -0.25) is 4.40 Å². The fourth-order valence-corrected chi connectivity index (χ4v) is 2.60. The Hall–Kier alpha value is -2.00. The number of benzene rings is 1. The van der Waals surface area contributed by atoms with Crippen molar-refractivity contribution in [3.63, 3.8) is 0 Å². The number of hydrogen-bond donors (Lipinski definition) is 1. The number of aromatic nitrogens is 2. The van der Waals surface area contributed by atoms with Crippen LogP contribution in [0.3, 0.4) is 0 Å². The van der Waals surface area contributed by atoms with Crippen LogP contribution in [-0.4, -0.2) is 9.38 Å². The smallest absolute Gasteiger partial charge is 0.139 e. The Kier molecular flexibility index (Phi) is 2.72. The minimum absolute atomic E-state index is 0.648. The van der Waals surface area contributed by atoms with Gasteiger partial charge in [0.15, 0.2) is 0 Å². The molecular weight excluding hydrogens is 258 g/mol. The maximum Gasteiger partial charge on any atom is 0.139 e. The predicted octanol–water partition coefficient (Wildman–Crippen LogP) is 3.85. The Labute approximate surface area is 116 Å². The van der Waals surface area contributed by atoms with Gasteiger partial charge in [0.05, 0.1) is 0 Å². The van der Waals surface area contributed by atoms with E-state index in [-0.39, 0.29) is 0 Å². The van der Waals surface area contributed by atoms with Gasteiger partial charge in [0.2, 0.25) is 0 Å². The van der Waals surface area contributed by atoms with Crippen molar-refractivity contribution < 1.29 is 0 Å². The van der Waals surface area contributed by atoms with Crippen molar-refractivity contribution >= 4 is 23.1 Å². The highest BCUT2D eigenvalue weighted by Gasteiger charge is 2.13. The number of pyridine rings is 1. The van der Waals surface area contributed by atoms with E-state index < -0.39 is 0 Å². The number of imidazole rings is 1. The Balaban J connectivity index is 2.31. The second-order valence-electron chi connectivity index (χ2n) is 4.72. The molecular formula is C15H14ClN3. The lowest BCUT2D eigenvalue weighted by atomic mass is 10.1. The van der Waals surface area contributed by atoms with E-state index in [0.717, 1.165) is 22.6 Å². The fourth-order valence-electron chi connectivity index (χ4n) is 2.41. The van der Waals surface area contributed by atoms with Crippen LogP contribution in [0.1, 0.15) is 11.3 Å². The number of nitrogens with two attached hydrogens (primary N) is 1. The van der Waals surface area contributed by atoms with Gasteiger partial charge in [0.1, 0.15) is 17.2 Å². The largest absolute Gasteiger partial charge is 0.383 e. The predicted molar refractivity (Wildman–Crippen MR) is 79.5 cm³/mol. The van der Waals surface area contributed by atoms with Gasteiger partial charge in [-0.1, -0.05) is 23.7 Å². The first kappa shape index (κ1) is 12.1. The minimum Gasteiger partial charge on any atom is -0.383 e. The van der Waals surface area contributed by atoms with E-state index in [1.165, 1.54) is 5.56 Å². The van der Waals surface area contributed by atoms with E-state index in [1.807, 2.05) is 41.7 Å². The zero-order chi connectivity index (χ0) is 13.6. The van der Waals surface area contributed by atoms with Gasteiger partial charge < -0.3 is 5.73 Å². The zero-order valence-corrected chi connectivity index (χ0v) is 11.6. The molecule has 0 amide bonds. The summed E-state index contributed by atoms with van der Waals surface area (Å²) in [5.41, 5.74) is 11.1. The number of aryl methyl sites for hydroxylation is 2. The van der Waals surface area contributed by atoms with Gasteiger partial charge in [0, 0.05) is 16.3 Å². The number of rotatable bonds is 1. The van der Waals surface area contributed by atoms with E-state index in [2.05, 4.69) is 18.0 Å². The molecule has 2 heterocycles. The van der Waals surface area contributed by atoms with Crippen molar-refractivity contribution in [2.75, 3.05) is 5.73 Å². The van der Waals surface area contributed by atoms with Crippen LogP contribution < -0.4 is 5.73 Å². The molecule has 3 aromatic rings. The van der Waals surface area contributed by atoms with Gasteiger partial charge in [-0.15, -0.1) is 0 Å². The van der Waals surface area contributed by atoms with E-state index >= 15 is 0 Å². The van der Waals surface area contributed by atoms with Crippen LogP contribution >= 0.6 is 11.6 Å². The molecule has 0 aliphatic heterocycles. The average molecular weight is 272 g/mol. The maximum atomic E-state index is 6.23. The van der Waals surface area contributed by atoms with Crippen molar-refractivity contribution in [1.29, 1.82) is 0 Å². The number of nitrogen functional groups attached to an aromatic ring is 1. The topological polar surface area (TPSA) is 43.3 Å². The summed E-state index contributed by atoms with van der Waals surface area (Å²) in [7, 11) is 0. The third kappa shape index (κ3) is 1.96. The van der Waals surface area contributed by atoms with Gasteiger partial charge in [0.25, 0.3) is 0 Å². The molecule has 96 valence electrons. The van der Waals surface area contributed by atoms with E-state index in [1.54, 1.807) is 0 Å². The lowest BCUT2D eigenvalue weighted by Crippen LogP contribution is -1.98. The zero-order valence-electron chi connectivity index (χ0n) is 10.8. The van der Waals surface area contributed by atoms with Crippen LogP contribution in [0.5, 0.6) is 0 Å². The summed E-state index contributed by atoms with van der Waals surface area (Å²) in [6.45, 7) is 4.08. The molecule has 2 aromatic heterocycles. The quantitative estimate of drug-likeness (QED) is 0.730. The molecule has 0 saturated carbocycles. The van der Waals surface area contributed by atoms with Crippen molar-refractivity contribution in [3.05, 3.63) is 52.7 Å². The molecule has 0 spiro atoms. The SMILES string of the molecule is Cc1cc(C)n2c(N)c(-c3cccc(Cl)c3)nc2c1. The normalized spacial score (nSPS) is 11.1. The summed E-state index contributed by atoms with van der Waals surface area (Å²) in [6.07, 6.45) is 0. The molecule has 0 unspecified atom stereocenters. The number of hydrogen-bond acceptors (Lipinski definition) is 2. The Morgan fingerprint density at radius 2 is 1.95 bits per heavy atom. The highest BCUT2D eigenvalue weighted by atomic mass is 35.5. The Morgan fingerprint density at radius 1 is 1.16 bits per heavy atom. The molecule has 0 atom stereocenters. The first-order valence-electron chi connectivity index (χ1n) is 6.07. The highest BCUT2D eigenvalue weighted by molar-refractivity contribution is 6.30. The summed E-state index contributed by atoms with van der Waals surface area (Å²) in [5, 5.41) is 0.682. The Bertz CT molecular complexity index is 774. The van der Waals surface area contributed by atoms with Crippen LogP contribution in [0.4, 0.5) is 5.82 Å². The molecule has 4 heteroatoms. The highest BCUT2D eigenvalue weighted by Crippen LogP contribution is 2.29. The molecule has 2 N–H and O–H groups in total. The third-order valence-corrected chi connectivity index (χ3v) is 3.42. The van der Waals surface area contributed by atoms with Crippen molar-refractivity contribution in [2.45, 2.75) is 13.8 Å². The summed E-state index contributed by atoms with van der Waals surface area (Å²) in [6, 6.07) is 11.7. The first-order chi connectivity index (χ1) is 9.06. The number of nitrogens with zero attached hydrogens (tertiary/aromatic N) is 2. The first-order valence-corrected chi connectivity index (χ1v) is 6.45. The van der Waals surface area contributed by atoms with Gasteiger partial charge >= 0.3 is 0 Å². The van der Waals surface area contributed by atoms with Gasteiger partial charge in [-0.2, -0.15) is 0 Å². The Morgan fingerprint density at radius 3 is 2.68 bits per heavy atom. The molecule has 0 bridgehead atoms. The number of halogens is 1. The summed E-state index contributed by atoms with van der Waals surface area (Å²) in [5.74, 6) is 0.648. The molecule has 3 rings (SSSR count). The van der Waals surface area contributed by atoms with Crippen LogP contribution in [-0.2, 0) is 0 Å². The van der Waals surface area contributed by atoms with Crippen LogP contribution in [0.15, 0.2) is 36.4 Å². The second-order valence-corrected chi connectivity index (χ2v) is 5.16. The lowest BCUT2D eigenvalue weighted by Gasteiger charge is -2.04. The summed E-state index contributed by atoms with van der Waals surface area (Å²) in [4.78, 5) is 4.62. The maximum absolute atomic E-state index is 6.23. The molecule has 0 saturated heterocycles. The van der Waals surface area contributed by atoms with Gasteiger partial charge in [-0.25, -0.2) is 4.98 Å². The third-order valence-electron chi connectivity index (χ3n) is 3.18. The van der Waals surface area contributed by atoms with Crippen LogP contribution in [0, 0.1) is 13.8 Å². The summed E-state index contributed by atoms with van der Waals surface area (Å²) >= 11 is 6.03. The van der Waals surface area contributed by atoms with Crippen molar-refractivity contribution in [1.82, 2.24) is 9.38 Å². The van der Waals surface area contributed by atoms with Crippen LogP contribution in [0.25, 0.3) is 16.9 Å². The van der Waals surface area contributed by atoms with Crippen molar-refractivity contribution in [3.8, 4) is 11.3 Å². The van der Waals surface area contributed by atoms with E-state index in [9.17, 15) is 0 Å². The van der Waals surface area contributed by atoms with Crippen LogP contribution in [0.2, 0.25) is 5.02 Å². The van der Waals surface area contributed by atoms with E-state index in [0.29, 0.717) is 10.8 Å². The molecule has 0 radical (unpaired) electrons. The molecule has 0 aliphatic rings. The number of fused-ring (bicyclic) bond motifs is 1. The molecule has 1 aromatic carbocycles. The second kappa shape index (κ2) is 4.28. The molecule has 0 aliphatic carbocycles. The standard InChI is InChI=1S/C15H14ClN3/c1-9-6-10(2)19-13(7-9)18-14(15(19)17)11-4-3-5-12(16)8-11/h3-8H,17H2,1-2H3. The monoisotopic (exact) mass is 271 g/mol.